The lowest BCUT2D eigenvalue weighted by molar-refractivity contribution is -0.122. The Bertz CT molecular complexity index is 1150. The molecule has 0 aliphatic carbocycles. The fourth-order valence-corrected chi connectivity index (χ4v) is 4.30. The molecule has 0 radical (unpaired) electrons. The molecule has 3 aromatic rings. The molecule has 3 rings (SSSR count). The van der Waals surface area contributed by atoms with Gasteiger partial charge in [-0.1, -0.05) is 56.8 Å². The third kappa shape index (κ3) is 8.68. The minimum atomic E-state index is -0.365. The predicted molar refractivity (Wildman–Crippen MR) is 143 cm³/mol. The summed E-state index contributed by atoms with van der Waals surface area (Å²) in [5.41, 5.74) is 9.66. The Morgan fingerprint density at radius 1 is 0.917 bits per heavy atom. The number of nitrogens with zero attached hydrogens (tertiary/aromatic N) is 2. The number of aromatic nitrogens is 2. The lowest BCUT2D eigenvalue weighted by atomic mass is 9.87. The predicted octanol–water partition coefficient (Wildman–Crippen LogP) is 5.30. The molecule has 0 fully saturated rings. The number of thioether (sulfide) groups is 1. The van der Waals surface area contributed by atoms with Gasteiger partial charge in [-0.2, -0.15) is 0 Å². The van der Waals surface area contributed by atoms with Gasteiger partial charge >= 0.3 is 0 Å². The van der Waals surface area contributed by atoms with Crippen LogP contribution in [0.5, 0.6) is 5.75 Å². The summed E-state index contributed by atoms with van der Waals surface area (Å²) in [6, 6.07) is 17.2. The molecule has 1 aromatic heterocycles. The Labute approximate surface area is 217 Å². The van der Waals surface area contributed by atoms with E-state index in [4.69, 9.17) is 4.74 Å². The zero-order valence-corrected chi connectivity index (χ0v) is 22.4. The normalized spacial score (nSPS) is 11.1. The Morgan fingerprint density at radius 3 is 2.17 bits per heavy atom. The number of carbonyl (C=O) groups excluding carboxylic acids is 2. The number of hydrogen-bond acceptors (Lipinski definition) is 6. The molecule has 0 spiro atoms. The highest BCUT2D eigenvalue weighted by Crippen LogP contribution is 2.24. The van der Waals surface area contributed by atoms with E-state index >= 15 is 0 Å². The molecule has 2 amide bonds. The number of nitrogens with one attached hydrogen (secondary N) is 2. The summed E-state index contributed by atoms with van der Waals surface area (Å²) in [7, 11) is 0. The molecule has 0 aliphatic rings. The van der Waals surface area contributed by atoms with Crippen molar-refractivity contribution in [3.8, 4) is 5.75 Å². The van der Waals surface area contributed by atoms with E-state index in [1.54, 1.807) is 23.9 Å². The molecular weight excluding hydrogens is 472 g/mol. The molecule has 2 N–H and O–H groups in total. The third-order valence-electron chi connectivity index (χ3n) is 5.40. The van der Waals surface area contributed by atoms with Crippen LogP contribution in [-0.2, 0) is 16.0 Å². The molecule has 36 heavy (non-hydrogen) atoms. The standard InChI is InChI=1S/C28H34N4O3S/c1-19-17-20(2)30-27(29-19)36-18-21-8-10-22(11-9-21)26(34)32-31-25(33)7-6-16-35-24-14-12-23(13-15-24)28(3,4)5/h8-15,17H,6-7,16,18H2,1-5H3,(H,31,33)(H,32,34). The summed E-state index contributed by atoms with van der Waals surface area (Å²) in [6.45, 7) is 10.8. The second kappa shape index (κ2) is 12.5. The van der Waals surface area contributed by atoms with E-state index in [1.165, 1.54) is 5.56 Å². The van der Waals surface area contributed by atoms with Crippen LogP contribution in [0, 0.1) is 13.8 Å². The topological polar surface area (TPSA) is 93.2 Å². The quantitative estimate of drug-likeness (QED) is 0.177. The maximum absolute atomic E-state index is 12.4. The van der Waals surface area contributed by atoms with Gasteiger partial charge in [-0.25, -0.2) is 9.97 Å². The van der Waals surface area contributed by atoms with Gasteiger partial charge in [0.15, 0.2) is 5.16 Å². The van der Waals surface area contributed by atoms with Crippen molar-refractivity contribution in [3.05, 3.63) is 82.7 Å². The number of rotatable bonds is 9. The molecule has 0 unspecified atom stereocenters. The maximum Gasteiger partial charge on any atom is 0.269 e. The summed E-state index contributed by atoms with van der Waals surface area (Å²) in [6.07, 6.45) is 0.788. The first-order valence-corrected chi connectivity index (χ1v) is 13.0. The molecule has 8 heteroatoms. The lowest BCUT2D eigenvalue weighted by Crippen LogP contribution is -2.41. The number of aryl methyl sites for hydroxylation is 2. The zero-order valence-electron chi connectivity index (χ0n) is 21.6. The highest BCUT2D eigenvalue weighted by Gasteiger charge is 2.13. The van der Waals surface area contributed by atoms with Gasteiger partial charge in [-0.15, -0.1) is 0 Å². The van der Waals surface area contributed by atoms with E-state index in [-0.39, 0.29) is 23.7 Å². The summed E-state index contributed by atoms with van der Waals surface area (Å²) in [4.78, 5) is 33.3. The van der Waals surface area contributed by atoms with Crippen LogP contribution in [0.25, 0.3) is 0 Å². The summed E-state index contributed by atoms with van der Waals surface area (Å²) in [5, 5.41) is 0.737. The highest BCUT2D eigenvalue weighted by atomic mass is 32.2. The largest absolute Gasteiger partial charge is 0.494 e. The van der Waals surface area contributed by atoms with Crippen LogP contribution < -0.4 is 15.6 Å². The minimum absolute atomic E-state index is 0.0957. The third-order valence-corrected chi connectivity index (χ3v) is 6.32. The lowest BCUT2D eigenvalue weighted by Gasteiger charge is -2.19. The molecule has 0 saturated carbocycles. The van der Waals surface area contributed by atoms with Crippen molar-refractivity contribution in [1.29, 1.82) is 0 Å². The molecule has 0 saturated heterocycles. The van der Waals surface area contributed by atoms with E-state index in [0.29, 0.717) is 24.3 Å². The number of carbonyl (C=O) groups is 2. The molecule has 1 heterocycles. The van der Waals surface area contributed by atoms with Gasteiger partial charge in [0, 0.05) is 29.1 Å². The average Bonchev–Trinajstić information content (AvgIpc) is 2.83. The van der Waals surface area contributed by atoms with Crippen molar-refractivity contribution in [2.45, 2.75) is 63.8 Å². The second-order valence-corrected chi connectivity index (χ2v) is 10.6. The van der Waals surface area contributed by atoms with Gasteiger partial charge < -0.3 is 4.74 Å². The van der Waals surface area contributed by atoms with Crippen molar-refractivity contribution in [2.75, 3.05) is 6.61 Å². The molecule has 190 valence electrons. The van der Waals surface area contributed by atoms with Gasteiger partial charge in [0.1, 0.15) is 5.75 Å². The number of amides is 2. The Balaban J connectivity index is 1.35. The van der Waals surface area contributed by atoms with Crippen LogP contribution in [0.2, 0.25) is 0 Å². The molecule has 0 bridgehead atoms. The molecule has 7 nitrogen and oxygen atoms in total. The molecule has 0 atom stereocenters. The summed E-state index contributed by atoms with van der Waals surface area (Å²) >= 11 is 1.55. The van der Waals surface area contributed by atoms with Gasteiger partial charge in [0.25, 0.3) is 5.91 Å². The van der Waals surface area contributed by atoms with Gasteiger partial charge in [0.2, 0.25) is 5.91 Å². The highest BCUT2D eigenvalue weighted by molar-refractivity contribution is 7.98. The van der Waals surface area contributed by atoms with Crippen molar-refractivity contribution in [2.24, 2.45) is 0 Å². The van der Waals surface area contributed by atoms with Crippen molar-refractivity contribution >= 4 is 23.6 Å². The van der Waals surface area contributed by atoms with Gasteiger partial charge in [-0.05, 0) is 67.1 Å². The van der Waals surface area contributed by atoms with E-state index in [9.17, 15) is 9.59 Å². The van der Waals surface area contributed by atoms with E-state index < -0.39 is 0 Å². The Hall–Kier alpha value is -3.39. The number of benzene rings is 2. The zero-order chi connectivity index (χ0) is 26.1. The van der Waals surface area contributed by atoms with E-state index in [2.05, 4.69) is 53.7 Å². The summed E-state index contributed by atoms with van der Waals surface area (Å²) in [5.74, 6) is 0.844. The molecule has 2 aromatic carbocycles. The monoisotopic (exact) mass is 506 g/mol. The number of ether oxygens (including phenoxy) is 1. The van der Waals surface area contributed by atoms with Gasteiger partial charge in [-0.3, -0.25) is 20.4 Å². The second-order valence-electron chi connectivity index (χ2n) is 9.65. The van der Waals surface area contributed by atoms with Crippen LogP contribution >= 0.6 is 11.8 Å². The first-order chi connectivity index (χ1) is 17.1. The fraction of sp³-hybridized carbons (Fsp3) is 0.357. The smallest absolute Gasteiger partial charge is 0.269 e. The van der Waals surface area contributed by atoms with E-state index in [0.717, 1.165) is 27.9 Å². The first kappa shape index (κ1) is 27.2. The van der Waals surface area contributed by atoms with Crippen molar-refractivity contribution in [1.82, 2.24) is 20.8 Å². The van der Waals surface area contributed by atoms with Crippen LogP contribution in [-0.4, -0.2) is 28.4 Å². The Kier molecular flexibility index (Phi) is 9.47. The SMILES string of the molecule is Cc1cc(C)nc(SCc2ccc(C(=O)NNC(=O)CCCOc3ccc(C(C)(C)C)cc3)cc2)n1. The van der Waals surface area contributed by atoms with Crippen LogP contribution in [0.4, 0.5) is 0 Å². The van der Waals surface area contributed by atoms with Crippen molar-refractivity contribution in [3.63, 3.8) is 0 Å². The fourth-order valence-electron chi connectivity index (χ4n) is 3.39. The van der Waals surface area contributed by atoms with Gasteiger partial charge in [0.05, 0.1) is 6.61 Å². The Morgan fingerprint density at radius 2 is 1.56 bits per heavy atom. The minimum Gasteiger partial charge on any atom is -0.494 e. The van der Waals surface area contributed by atoms with Crippen molar-refractivity contribution < 1.29 is 14.3 Å². The van der Waals surface area contributed by atoms with Crippen LogP contribution in [0.15, 0.2) is 59.8 Å². The van der Waals surface area contributed by atoms with E-state index in [1.807, 2.05) is 44.2 Å². The maximum atomic E-state index is 12.4. The molecular formula is C28H34N4O3S. The first-order valence-electron chi connectivity index (χ1n) is 12.0. The average molecular weight is 507 g/mol. The number of hydrogen-bond donors (Lipinski definition) is 2. The van der Waals surface area contributed by atoms with Crippen LogP contribution in [0.1, 0.15) is 66.5 Å². The number of hydrazine groups is 1. The molecule has 0 aliphatic heterocycles. The summed E-state index contributed by atoms with van der Waals surface area (Å²) < 4.78 is 5.71. The van der Waals surface area contributed by atoms with Crippen LogP contribution in [0.3, 0.4) is 0 Å².